The van der Waals surface area contributed by atoms with Crippen molar-refractivity contribution in [2.75, 3.05) is 6.54 Å². The van der Waals surface area contributed by atoms with Gasteiger partial charge in [-0.2, -0.15) is 0 Å². The molecule has 0 bridgehead atoms. The van der Waals surface area contributed by atoms with E-state index in [4.69, 9.17) is 5.73 Å². The molecule has 0 aliphatic rings. The summed E-state index contributed by atoms with van der Waals surface area (Å²) in [5, 5.41) is 0. The zero-order valence-corrected chi connectivity index (χ0v) is 6.12. The van der Waals surface area contributed by atoms with Crippen LogP contribution in [0.1, 0.15) is 18.4 Å². The first-order valence-corrected chi connectivity index (χ1v) is 3.44. The van der Waals surface area contributed by atoms with Gasteiger partial charge in [0.2, 0.25) is 0 Å². The van der Waals surface area contributed by atoms with Crippen LogP contribution < -0.4 is 5.73 Å². The van der Waals surface area contributed by atoms with Crippen molar-refractivity contribution >= 4 is 0 Å². The number of aromatic nitrogens is 1. The van der Waals surface area contributed by atoms with E-state index in [9.17, 15) is 0 Å². The van der Waals surface area contributed by atoms with Crippen molar-refractivity contribution in [3.05, 3.63) is 30.1 Å². The van der Waals surface area contributed by atoms with Crippen molar-refractivity contribution < 1.29 is 0 Å². The van der Waals surface area contributed by atoms with Gasteiger partial charge in [0.1, 0.15) is 0 Å². The second-order valence-electron chi connectivity index (χ2n) is 2.42. The Hall–Kier alpha value is -0.890. The van der Waals surface area contributed by atoms with Gasteiger partial charge in [-0.05, 0) is 30.2 Å². The van der Waals surface area contributed by atoms with Gasteiger partial charge in [0.15, 0.2) is 0 Å². The normalized spacial score (nSPS) is 13.0. The van der Waals surface area contributed by atoms with Gasteiger partial charge in [-0.25, -0.2) is 0 Å². The van der Waals surface area contributed by atoms with Crippen molar-refractivity contribution in [3.63, 3.8) is 0 Å². The van der Waals surface area contributed by atoms with Crippen LogP contribution in [-0.4, -0.2) is 11.5 Å². The van der Waals surface area contributed by atoms with E-state index in [2.05, 4.69) is 11.9 Å². The number of nitrogens with zero attached hydrogens (tertiary/aromatic N) is 1. The summed E-state index contributed by atoms with van der Waals surface area (Å²) in [6.07, 6.45) is 3.59. The standard InChI is InChI=1S/C8H12N2/c1-7(6-9)8-2-4-10-5-3-8/h2-5,7H,6,9H2,1H3. The smallest absolute Gasteiger partial charge is 0.0270 e. The maximum absolute atomic E-state index is 5.48. The summed E-state index contributed by atoms with van der Waals surface area (Å²) in [6, 6.07) is 4.00. The van der Waals surface area contributed by atoms with Gasteiger partial charge < -0.3 is 5.73 Å². The molecule has 0 amide bonds. The Bertz CT molecular complexity index is 184. The summed E-state index contributed by atoms with van der Waals surface area (Å²) in [5.41, 5.74) is 6.75. The lowest BCUT2D eigenvalue weighted by Gasteiger charge is -2.06. The fraction of sp³-hybridized carbons (Fsp3) is 0.375. The van der Waals surface area contributed by atoms with E-state index in [1.54, 1.807) is 12.4 Å². The Labute approximate surface area is 61.1 Å². The topological polar surface area (TPSA) is 38.9 Å². The first kappa shape index (κ1) is 7.22. The van der Waals surface area contributed by atoms with Gasteiger partial charge in [0, 0.05) is 12.4 Å². The van der Waals surface area contributed by atoms with Crippen LogP contribution in [0.5, 0.6) is 0 Å². The van der Waals surface area contributed by atoms with Crippen LogP contribution in [-0.2, 0) is 0 Å². The minimum absolute atomic E-state index is 0.447. The molecule has 2 heteroatoms. The molecule has 0 aromatic carbocycles. The minimum atomic E-state index is 0.447. The van der Waals surface area contributed by atoms with Crippen LogP contribution >= 0.6 is 0 Å². The second-order valence-corrected chi connectivity index (χ2v) is 2.42. The van der Waals surface area contributed by atoms with E-state index in [0.717, 1.165) is 0 Å². The molecule has 0 aliphatic carbocycles. The molecule has 1 aromatic heterocycles. The molecule has 1 atom stereocenters. The van der Waals surface area contributed by atoms with Crippen molar-refractivity contribution in [1.82, 2.24) is 4.98 Å². The first-order valence-electron chi connectivity index (χ1n) is 3.44. The third-order valence-electron chi connectivity index (χ3n) is 1.63. The van der Waals surface area contributed by atoms with E-state index in [1.165, 1.54) is 5.56 Å². The molecule has 1 aromatic rings. The molecule has 0 saturated heterocycles. The Morgan fingerprint density at radius 1 is 1.50 bits per heavy atom. The fourth-order valence-corrected chi connectivity index (χ4v) is 0.828. The molecule has 0 radical (unpaired) electrons. The van der Waals surface area contributed by atoms with Crippen LogP contribution in [0.25, 0.3) is 0 Å². The van der Waals surface area contributed by atoms with Gasteiger partial charge in [-0.3, -0.25) is 4.98 Å². The summed E-state index contributed by atoms with van der Waals surface area (Å²) in [5.74, 6) is 0.447. The highest BCUT2D eigenvalue weighted by atomic mass is 14.6. The summed E-state index contributed by atoms with van der Waals surface area (Å²) in [7, 11) is 0. The van der Waals surface area contributed by atoms with E-state index in [1.807, 2.05) is 12.1 Å². The molecule has 1 heterocycles. The molecular weight excluding hydrogens is 124 g/mol. The summed E-state index contributed by atoms with van der Waals surface area (Å²) in [4.78, 5) is 3.92. The third-order valence-corrected chi connectivity index (χ3v) is 1.63. The molecule has 0 spiro atoms. The molecule has 1 unspecified atom stereocenters. The monoisotopic (exact) mass is 136 g/mol. The molecular formula is C8H12N2. The number of nitrogens with two attached hydrogens (primary N) is 1. The Morgan fingerprint density at radius 2 is 2.10 bits per heavy atom. The number of hydrogen-bond donors (Lipinski definition) is 1. The Kier molecular flexibility index (Phi) is 2.40. The lowest BCUT2D eigenvalue weighted by molar-refractivity contribution is 0.772. The molecule has 0 saturated carbocycles. The van der Waals surface area contributed by atoms with E-state index < -0.39 is 0 Å². The van der Waals surface area contributed by atoms with Gasteiger partial charge in [0.05, 0.1) is 0 Å². The first-order chi connectivity index (χ1) is 4.84. The molecule has 0 aliphatic heterocycles. The molecule has 0 fully saturated rings. The van der Waals surface area contributed by atoms with Crippen LogP contribution in [0, 0.1) is 0 Å². The van der Waals surface area contributed by atoms with Gasteiger partial charge in [-0.1, -0.05) is 6.92 Å². The number of pyridine rings is 1. The maximum Gasteiger partial charge on any atom is 0.0270 e. The van der Waals surface area contributed by atoms with E-state index in [-0.39, 0.29) is 0 Å². The van der Waals surface area contributed by atoms with Crippen LogP contribution in [0.2, 0.25) is 0 Å². The largest absolute Gasteiger partial charge is 0.330 e. The summed E-state index contributed by atoms with van der Waals surface area (Å²) < 4.78 is 0. The maximum atomic E-state index is 5.48. The van der Waals surface area contributed by atoms with Crippen molar-refractivity contribution in [1.29, 1.82) is 0 Å². The number of hydrogen-bond acceptors (Lipinski definition) is 2. The predicted molar refractivity (Wildman–Crippen MR) is 41.7 cm³/mol. The molecule has 1 rings (SSSR count). The van der Waals surface area contributed by atoms with Crippen molar-refractivity contribution in [2.45, 2.75) is 12.8 Å². The number of rotatable bonds is 2. The average molecular weight is 136 g/mol. The molecule has 2 nitrogen and oxygen atoms in total. The van der Waals surface area contributed by atoms with Crippen LogP contribution in [0.15, 0.2) is 24.5 Å². The van der Waals surface area contributed by atoms with Crippen molar-refractivity contribution in [3.8, 4) is 0 Å². The highest BCUT2D eigenvalue weighted by Crippen LogP contribution is 2.10. The Morgan fingerprint density at radius 3 is 2.60 bits per heavy atom. The summed E-state index contributed by atoms with van der Waals surface area (Å²) in [6.45, 7) is 2.80. The third kappa shape index (κ3) is 1.54. The van der Waals surface area contributed by atoms with Gasteiger partial charge in [-0.15, -0.1) is 0 Å². The zero-order valence-electron chi connectivity index (χ0n) is 6.12. The lowest BCUT2D eigenvalue weighted by Crippen LogP contribution is -2.08. The molecule has 10 heavy (non-hydrogen) atoms. The Balaban J connectivity index is 2.75. The quantitative estimate of drug-likeness (QED) is 0.662. The SMILES string of the molecule is CC(CN)c1ccncc1. The highest BCUT2D eigenvalue weighted by molar-refractivity contribution is 5.14. The predicted octanol–water partition coefficient (Wildman–Crippen LogP) is 1.14. The van der Waals surface area contributed by atoms with E-state index >= 15 is 0 Å². The van der Waals surface area contributed by atoms with Crippen LogP contribution in [0.4, 0.5) is 0 Å². The lowest BCUT2D eigenvalue weighted by atomic mass is 10.0. The van der Waals surface area contributed by atoms with E-state index in [0.29, 0.717) is 12.5 Å². The summed E-state index contributed by atoms with van der Waals surface area (Å²) >= 11 is 0. The zero-order chi connectivity index (χ0) is 7.40. The second kappa shape index (κ2) is 3.32. The van der Waals surface area contributed by atoms with Gasteiger partial charge in [0.25, 0.3) is 0 Å². The van der Waals surface area contributed by atoms with Crippen molar-refractivity contribution in [2.24, 2.45) is 5.73 Å². The fourth-order valence-electron chi connectivity index (χ4n) is 0.828. The minimum Gasteiger partial charge on any atom is -0.330 e. The average Bonchev–Trinajstić information content (AvgIpc) is 2.05. The molecule has 54 valence electrons. The highest BCUT2D eigenvalue weighted by Gasteiger charge is 1.99. The van der Waals surface area contributed by atoms with Gasteiger partial charge >= 0.3 is 0 Å². The van der Waals surface area contributed by atoms with Crippen LogP contribution in [0.3, 0.4) is 0 Å². The molecule has 2 N–H and O–H groups in total.